The van der Waals surface area contributed by atoms with Crippen LogP contribution >= 0.6 is 0 Å². The van der Waals surface area contributed by atoms with Crippen LogP contribution in [0.3, 0.4) is 0 Å². The third-order valence-corrected chi connectivity index (χ3v) is 5.60. The predicted molar refractivity (Wildman–Crippen MR) is 96.4 cm³/mol. The molecule has 1 aliphatic carbocycles. The van der Waals surface area contributed by atoms with E-state index in [4.69, 9.17) is 0 Å². The molecular weight excluding hydrogens is 298 g/mol. The number of hydrogen-bond donors (Lipinski definition) is 2. The van der Waals surface area contributed by atoms with E-state index in [1.54, 1.807) is 6.07 Å². The molecule has 2 aromatic rings. The van der Waals surface area contributed by atoms with Gasteiger partial charge in [0.1, 0.15) is 0 Å². The van der Waals surface area contributed by atoms with Crippen LogP contribution in [0, 0.1) is 0 Å². The van der Waals surface area contributed by atoms with Crippen molar-refractivity contribution in [1.29, 1.82) is 0 Å². The quantitative estimate of drug-likeness (QED) is 0.664. The Bertz CT molecular complexity index is 827. The molecule has 0 spiro atoms. The zero-order chi connectivity index (χ0) is 16.9. The summed E-state index contributed by atoms with van der Waals surface area (Å²) in [5.74, 6) is -0.0649. The summed E-state index contributed by atoms with van der Waals surface area (Å²) in [7, 11) is 0. The van der Waals surface area contributed by atoms with Gasteiger partial charge in [0.05, 0.1) is 5.54 Å². The van der Waals surface area contributed by atoms with Gasteiger partial charge >= 0.3 is 0 Å². The molecule has 0 saturated heterocycles. The van der Waals surface area contributed by atoms with E-state index in [1.165, 1.54) is 11.1 Å². The summed E-state index contributed by atoms with van der Waals surface area (Å²) >= 11 is 0. The summed E-state index contributed by atoms with van der Waals surface area (Å²) in [4.78, 5) is 2.53. The van der Waals surface area contributed by atoms with Gasteiger partial charge in [-0.2, -0.15) is 0 Å². The van der Waals surface area contributed by atoms with Crippen molar-refractivity contribution in [3.63, 3.8) is 0 Å². The Hall–Kier alpha value is -2.26. The maximum Gasteiger partial charge on any atom is 0.165 e. The average Bonchev–Trinajstić information content (AvgIpc) is 2.60. The summed E-state index contributed by atoms with van der Waals surface area (Å²) < 4.78 is 0. The Balaban J connectivity index is 2.05. The van der Waals surface area contributed by atoms with E-state index in [1.807, 2.05) is 6.07 Å². The number of phenols is 2. The monoisotopic (exact) mass is 321 g/mol. The summed E-state index contributed by atoms with van der Waals surface area (Å²) in [5.41, 5.74) is 5.24. The first kappa shape index (κ1) is 15.3. The molecule has 0 amide bonds. The van der Waals surface area contributed by atoms with Crippen molar-refractivity contribution in [2.45, 2.75) is 31.7 Å². The van der Waals surface area contributed by atoms with Crippen LogP contribution in [0.4, 0.5) is 0 Å². The van der Waals surface area contributed by atoms with Gasteiger partial charge in [-0.25, -0.2) is 0 Å². The molecule has 124 valence electrons. The number of phenolic OH excluding ortho intramolecular Hbond substituents is 2. The molecule has 3 nitrogen and oxygen atoms in total. The molecule has 2 aromatic carbocycles. The highest BCUT2D eigenvalue weighted by Gasteiger charge is 2.45. The molecular formula is C21H23NO2. The van der Waals surface area contributed by atoms with E-state index in [-0.39, 0.29) is 17.0 Å². The summed E-state index contributed by atoms with van der Waals surface area (Å²) in [5, 5.41) is 20.5. The number of rotatable bonds is 3. The van der Waals surface area contributed by atoms with Gasteiger partial charge < -0.3 is 10.2 Å². The third-order valence-electron chi connectivity index (χ3n) is 5.60. The number of nitrogens with zero attached hydrogens (tertiary/aromatic N) is 1. The third kappa shape index (κ3) is 1.88. The topological polar surface area (TPSA) is 43.7 Å². The molecule has 1 atom stereocenters. The second-order valence-electron chi connectivity index (χ2n) is 6.85. The van der Waals surface area contributed by atoms with Gasteiger partial charge in [-0.1, -0.05) is 37.3 Å². The van der Waals surface area contributed by atoms with E-state index in [2.05, 4.69) is 42.7 Å². The largest absolute Gasteiger partial charge is 0.504 e. The Morgan fingerprint density at radius 2 is 2.04 bits per heavy atom. The molecule has 0 aromatic heterocycles. The number of benzene rings is 2. The fourth-order valence-electron chi connectivity index (χ4n) is 4.59. The van der Waals surface area contributed by atoms with Crippen molar-refractivity contribution in [1.82, 2.24) is 4.90 Å². The van der Waals surface area contributed by atoms with Gasteiger partial charge in [0, 0.05) is 12.1 Å². The molecule has 1 aliphatic heterocycles. The first-order valence-corrected chi connectivity index (χ1v) is 8.67. The maximum absolute atomic E-state index is 10.5. The van der Waals surface area contributed by atoms with Crippen LogP contribution in [-0.4, -0.2) is 28.2 Å². The molecule has 1 unspecified atom stereocenters. The van der Waals surface area contributed by atoms with Crippen molar-refractivity contribution < 1.29 is 10.2 Å². The number of fused-ring (bicyclic) bond motifs is 2. The minimum atomic E-state index is -0.226. The fraction of sp³-hybridized carbons (Fsp3) is 0.333. The molecule has 3 heteroatoms. The lowest BCUT2D eigenvalue weighted by molar-refractivity contribution is 0.115. The smallest absolute Gasteiger partial charge is 0.165 e. The second kappa shape index (κ2) is 5.38. The molecule has 1 heterocycles. The molecule has 4 rings (SSSR count). The maximum atomic E-state index is 10.5. The highest BCUT2D eigenvalue weighted by Crippen LogP contribution is 2.53. The predicted octanol–water partition coefficient (Wildman–Crippen LogP) is 3.97. The molecule has 2 N–H and O–H groups in total. The van der Waals surface area contributed by atoms with Crippen LogP contribution in [-0.2, 0) is 18.4 Å². The van der Waals surface area contributed by atoms with Gasteiger partial charge in [0.25, 0.3) is 0 Å². The Morgan fingerprint density at radius 1 is 1.21 bits per heavy atom. The Morgan fingerprint density at radius 3 is 2.79 bits per heavy atom. The van der Waals surface area contributed by atoms with Crippen molar-refractivity contribution in [3.8, 4) is 22.6 Å². The summed E-state index contributed by atoms with van der Waals surface area (Å²) in [6, 6.07) is 9.82. The van der Waals surface area contributed by atoms with Gasteiger partial charge in [0.15, 0.2) is 11.5 Å². The van der Waals surface area contributed by atoms with Crippen LogP contribution in [0.1, 0.15) is 30.0 Å². The SMILES string of the molecule is C=CC12Cc3ccc(O)c(O)c3-c3cccc(c31)CCN2CCC. The lowest BCUT2D eigenvalue weighted by atomic mass is 9.68. The molecule has 2 aliphatic rings. The molecule has 24 heavy (non-hydrogen) atoms. The van der Waals surface area contributed by atoms with E-state index >= 15 is 0 Å². The van der Waals surface area contributed by atoms with Crippen molar-refractivity contribution in [2.75, 3.05) is 13.1 Å². The molecule has 0 bridgehead atoms. The van der Waals surface area contributed by atoms with Crippen LogP contribution in [0.15, 0.2) is 43.0 Å². The number of aromatic hydroxyl groups is 2. The van der Waals surface area contributed by atoms with Crippen molar-refractivity contribution >= 4 is 0 Å². The van der Waals surface area contributed by atoms with Crippen molar-refractivity contribution in [2.24, 2.45) is 0 Å². The molecule has 0 fully saturated rings. The van der Waals surface area contributed by atoms with Crippen LogP contribution in [0.25, 0.3) is 11.1 Å². The van der Waals surface area contributed by atoms with E-state index < -0.39 is 0 Å². The standard InChI is InChI=1S/C21H23NO2/c1-3-11-22-12-10-14-6-5-7-16-18-15(8-9-17(23)20(18)24)13-21(22,4-2)19(14)16/h4-9,23-24H,2-3,10-13H2,1H3. The lowest BCUT2D eigenvalue weighted by Crippen LogP contribution is -2.52. The van der Waals surface area contributed by atoms with E-state index in [9.17, 15) is 10.2 Å². The van der Waals surface area contributed by atoms with Gasteiger partial charge in [-0.15, -0.1) is 6.58 Å². The summed E-state index contributed by atoms with van der Waals surface area (Å²) in [6.07, 6.45) is 4.97. The minimum absolute atomic E-state index is 0.00817. The van der Waals surface area contributed by atoms with E-state index in [0.29, 0.717) is 0 Å². The summed E-state index contributed by atoms with van der Waals surface area (Å²) in [6.45, 7) is 8.45. The highest BCUT2D eigenvalue weighted by molar-refractivity contribution is 5.83. The first-order chi connectivity index (χ1) is 11.6. The molecule has 0 radical (unpaired) electrons. The zero-order valence-corrected chi connectivity index (χ0v) is 14.0. The van der Waals surface area contributed by atoms with Gasteiger partial charge in [0.2, 0.25) is 0 Å². The number of hydrogen-bond acceptors (Lipinski definition) is 3. The van der Waals surface area contributed by atoms with Crippen LogP contribution < -0.4 is 0 Å². The van der Waals surface area contributed by atoms with Gasteiger partial charge in [-0.05, 0) is 54.1 Å². The average molecular weight is 321 g/mol. The zero-order valence-electron chi connectivity index (χ0n) is 14.0. The minimum Gasteiger partial charge on any atom is -0.504 e. The Labute approximate surface area is 142 Å². The normalized spacial score (nSPS) is 21.9. The van der Waals surface area contributed by atoms with E-state index in [0.717, 1.165) is 49.0 Å². The van der Waals surface area contributed by atoms with Gasteiger partial charge in [-0.3, -0.25) is 4.90 Å². The fourth-order valence-corrected chi connectivity index (χ4v) is 4.59. The second-order valence-corrected chi connectivity index (χ2v) is 6.85. The van der Waals surface area contributed by atoms with Crippen LogP contribution in [0.5, 0.6) is 11.5 Å². The Kier molecular flexibility index (Phi) is 3.43. The lowest BCUT2D eigenvalue weighted by Gasteiger charge is -2.50. The van der Waals surface area contributed by atoms with Crippen molar-refractivity contribution in [3.05, 3.63) is 59.7 Å². The highest BCUT2D eigenvalue weighted by atomic mass is 16.3. The molecule has 0 saturated carbocycles. The van der Waals surface area contributed by atoms with Crippen LogP contribution in [0.2, 0.25) is 0 Å². The first-order valence-electron chi connectivity index (χ1n) is 8.67.